The minimum atomic E-state index is -1.04. The summed E-state index contributed by atoms with van der Waals surface area (Å²) in [5.41, 5.74) is 0.880. The van der Waals surface area contributed by atoms with Crippen molar-refractivity contribution in [2.24, 2.45) is 0 Å². The predicted molar refractivity (Wildman–Crippen MR) is 76.9 cm³/mol. The van der Waals surface area contributed by atoms with Gasteiger partial charge in [-0.1, -0.05) is 35.5 Å². The number of nitrogens with zero attached hydrogens (tertiary/aromatic N) is 3. The van der Waals surface area contributed by atoms with Gasteiger partial charge in [0.1, 0.15) is 6.54 Å². The first-order valence-corrected chi connectivity index (χ1v) is 6.87. The second-order valence-corrected chi connectivity index (χ2v) is 4.86. The van der Waals surface area contributed by atoms with E-state index >= 15 is 0 Å². The van der Waals surface area contributed by atoms with E-state index in [1.165, 1.54) is 4.90 Å². The lowest BCUT2D eigenvalue weighted by Gasteiger charge is -2.20. The molecule has 0 saturated heterocycles. The number of benzene rings is 1. The molecule has 0 radical (unpaired) electrons. The Balaban J connectivity index is 1.97. The number of carbonyl (C=O) groups is 2. The molecule has 0 spiro atoms. The maximum atomic E-state index is 12.2. The number of aryl methyl sites for hydroxylation is 2. The predicted octanol–water partition coefficient (Wildman–Crippen LogP) is 1.42. The summed E-state index contributed by atoms with van der Waals surface area (Å²) in [7, 11) is 0. The molecular formula is C15H17N3O4. The summed E-state index contributed by atoms with van der Waals surface area (Å²) in [5, 5.41) is 12.6. The number of carboxylic acids is 1. The van der Waals surface area contributed by atoms with Crippen LogP contribution in [0.4, 0.5) is 0 Å². The minimum absolute atomic E-state index is 0.127. The number of hydrogen-bond donors (Lipinski definition) is 1. The Morgan fingerprint density at radius 2 is 2.00 bits per heavy atom. The molecule has 1 aromatic carbocycles. The fourth-order valence-electron chi connectivity index (χ4n) is 2.01. The maximum absolute atomic E-state index is 12.2. The van der Waals surface area contributed by atoms with Crippen LogP contribution in [0.3, 0.4) is 0 Å². The summed E-state index contributed by atoms with van der Waals surface area (Å²) >= 11 is 0. The third kappa shape index (κ3) is 4.69. The molecule has 7 nitrogen and oxygen atoms in total. The highest BCUT2D eigenvalue weighted by atomic mass is 16.5. The average Bonchev–Trinajstić information content (AvgIpc) is 2.90. The number of carbonyl (C=O) groups excluding carboxylic acids is 1. The van der Waals surface area contributed by atoms with Crippen molar-refractivity contribution in [3.63, 3.8) is 0 Å². The van der Waals surface area contributed by atoms with Gasteiger partial charge >= 0.3 is 5.97 Å². The fraction of sp³-hybridized carbons (Fsp3) is 0.333. The molecule has 0 aliphatic carbocycles. The molecule has 0 fully saturated rings. The van der Waals surface area contributed by atoms with Gasteiger partial charge in [-0.3, -0.25) is 9.59 Å². The number of aliphatic carboxylic acids is 1. The van der Waals surface area contributed by atoms with Gasteiger partial charge in [-0.05, 0) is 12.5 Å². The van der Waals surface area contributed by atoms with Gasteiger partial charge in [0.05, 0.1) is 0 Å². The second kappa shape index (κ2) is 7.35. The van der Waals surface area contributed by atoms with Crippen molar-refractivity contribution >= 4 is 11.9 Å². The van der Waals surface area contributed by atoms with Crippen molar-refractivity contribution < 1.29 is 19.2 Å². The SMILES string of the molecule is Cc1noc(CCC(=O)N(CC(=O)O)Cc2ccccc2)n1. The molecule has 22 heavy (non-hydrogen) atoms. The molecule has 1 N–H and O–H groups in total. The molecule has 0 unspecified atom stereocenters. The smallest absolute Gasteiger partial charge is 0.323 e. The molecule has 0 atom stereocenters. The molecule has 1 aromatic heterocycles. The Bertz CT molecular complexity index is 639. The quantitative estimate of drug-likeness (QED) is 0.831. The van der Waals surface area contributed by atoms with Crippen molar-refractivity contribution in [2.75, 3.05) is 6.54 Å². The number of carboxylic acid groups (broad SMARTS) is 1. The van der Waals surface area contributed by atoms with E-state index in [2.05, 4.69) is 10.1 Å². The summed E-state index contributed by atoms with van der Waals surface area (Å²) in [6.07, 6.45) is 0.423. The van der Waals surface area contributed by atoms with Crippen LogP contribution in [0.15, 0.2) is 34.9 Å². The molecule has 1 amide bonds. The van der Waals surface area contributed by atoms with Crippen LogP contribution in [0.1, 0.15) is 23.7 Å². The van der Waals surface area contributed by atoms with Gasteiger partial charge < -0.3 is 14.5 Å². The monoisotopic (exact) mass is 303 g/mol. The van der Waals surface area contributed by atoms with Crippen LogP contribution in [0, 0.1) is 6.92 Å². The molecule has 0 aliphatic heterocycles. The van der Waals surface area contributed by atoms with E-state index < -0.39 is 5.97 Å². The van der Waals surface area contributed by atoms with Crippen LogP contribution >= 0.6 is 0 Å². The van der Waals surface area contributed by atoms with Gasteiger partial charge in [0.15, 0.2) is 5.82 Å². The minimum Gasteiger partial charge on any atom is -0.480 e. The van der Waals surface area contributed by atoms with E-state index in [4.69, 9.17) is 9.63 Å². The highest BCUT2D eigenvalue weighted by molar-refractivity contribution is 5.81. The zero-order valence-electron chi connectivity index (χ0n) is 12.2. The van der Waals surface area contributed by atoms with E-state index in [0.717, 1.165) is 5.56 Å². The zero-order chi connectivity index (χ0) is 15.9. The van der Waals surface area contributed by atoms with Crippen LogP contribution in [0.5, 0.6) is 0 Å². The average molecular weight is 303 g/mol. The molecule has 0 aliphatic rings. The topological polar surface area (TPSA) is 96.5 Å². The van der Waals surface area contributed by atoms with E-state index in [1.54, 1.807) is 6.92 Å². The molecular weight excluding hydrogens is 286 g/mol. The number of rotatable bonds is 7. The molecule has 0 bridgehead atoms. The van der Waals surface area contributed by atoms with E-state index in [-0.39, 0.29) is 25.4 Å². The van der Waals surface area contributed by atoms with Gasteiger partial charge in [-0.15, -0.1) is 0 Å². The summed E-state index contributed by atoms with van der Waals surface area (Å²) in [6, 6.07) is 9.26. The maximum Gasteiger partial charge on any atom is 0.323 e. The summed E-state index contributed by atoms with van der Waals surface area (Å²) < 4.78 is 4.95. The fourth-order valence-corrected chi connectivity index (χ4v) is 2.01. The first-order chi connectivity index (χ1) is 10.5. The van der Waals surface area contributed by atoms with Gasteiger partial charge in [0.25, 0.3) is 0 Å². The standard InChI is InChI=1S/C15H17N3O4/c1-11-16-13(22-17-11)7-8-14(19)18(10-15(20)21)9-12-5-3-2-4-6-12/h2-6H,7-10H2,1H3,(H,20,21). The largest absolute Gasteiger partial charge is 0.480 e. The van der Waals surface area contributed by atoms with Gasteiger partial charge in [0, 0.05) is 19.4 Å². The van der Waals surface area contributed by atoms with E-state index in [9.17, 15) is 9.59 Å². The van der Waals surface area contributed by atoms with Crippen molar-refractivity contribution in [2.45, 2.75) is 26.3 Å². The Labute approximate surface area is 127 Å². The zero-order valence-corrected chi connectivity index (χ0v) is 12.2. The molecule has 0 saturated carbocycles. The molecule has 7 heteroatoms. The second-order valence-electron chi connectivity index (χ2n) is 4.86. The lowest BCUT2D eigenvalue weighted by Crippen LogP contribution is -2.35. The van der Waals surface area contributed by atoms with Crippen LogP contribution in [0.25, 0.3) is 0 Å². The van der Waals surface area contributed by atoms with Crippen molar-refractivity contribution in [3.05, 3.63) is 47.6 Å². The first-order valence-electron chi connectivity index (χ1n) is 6.87. The van der Waals surface area contributed by atoms with Gasteiger partial charge in [-0.25, -0.2) is 0 Å². The summed E-state index contributed by atoms with van der Waals surface area (Å²) in [4.78, 5) is 28.5. The van der Waals surface area contributed by atoms with Crippen molar-refractivity contribution in [1.29, 1.82) is 0 Å². The molecule has 1 heterocycles. The number of amides is 1. The highest BCUT2D eigenvalue weighted by Gasteiger charge is 2.18. The normalized spacial score (nSPS) is 10.4. The highest BCUT2D eigenvalue weighted by Crippen LogP contribution is 2.08. The van der Waals surface area contributed by atoms with Crippen LogP contribution in [-0.2, 0) is 22.6 Å². The summed E-state index contributed by atoms with van der Waals surface area (Å²) in [6.45, 7) is 1.62. The van der Waals surface area contributed by atoms with E-state index in [1.807, 2.05) is 30.3 Å². The van der Waals surface area contributed by atoms with Gasteiger partial charge in [-0.2, -0.15) is 4.98 Å². The molecule has 2 aromatic rings. The lowest BCUT2D eigenvalue weighted by molar-refractivity contribution is -0.144. The Morgan fingerprint density at radius 1 is 1.27 bits per heavy atom. The Hall–Kier alpha value is -2.70. The Morgan fingerprint density at radius 3 is 2.59 bits per heavy atom. The van der Waals surface area contributed by atoms with Crippen molar-refractivity contribution in [1.82, 2.24) is 15.0 Å². The third-order valence-corrected chi connectivity index (χ3v) is 3.02. The lowest BCUT2D eigenvalue weighted by atomic mass is 10.2. The Kier molecular flexibility index (Phi) is 5.24. The van der Waals surface area contributed by atoms with Crippen molar-refractivity contribution in [3.8, 4) is 0 Å². The van der Waals surface area contributed by atoms with Crippen LogP contribution in [0.2, 0.25) is 0 Å². The van der Waals surface area contributed by atoms with Gasteiger partial charge in [0.2, 0.25) is 11.8 Å². The third-order valence-electron chi connectivity index (χ3n) is 3.02. The first kappa shape index (κ1) is 15.7. The summed E-state index contributed by atoms with van der Waals surface area (Å²) in [5.74, 6) is -0.421. The van der Waals surface area contributed by atoms with E-state index in [0.29, 0.717) is 18.1 Å². The molecule has 116 valence electrons. The molecule has 2 rings (SSSR count). The number of hydrogen-bond acceptors (Lipinski definition) is 5. The van der Waals surface area contributed by atoms with Crippen LogP contribution < -0.4 is 0 Å². The van der Waals surface area contributed by atoms with Crippen LogP contribution in [-0.4, -0.2) is 38.6 Å². The number of aromatic nitrogens is 2.